The molecule has 2 aromatic carbocycles. The number of thiazole rings is 1. The quantitative estimate of drug-likeness (QED) is 0.495. The highest BCUT2D eigenvalue weighted by Crippen LogP contribution is 2.35. The maximum Gasteiger partial charge on any atom is 0.416 e. The molecule has 0 spiro atoms. The van der Waals surface area contributed by atoms with Gasteiger partial charge in [0.1, 0.15) is 16.5 Å². The molecule has 30 heavy (non-hydrogen) atoms. The number of halogens is 3. The molecule has 0 radical (unpaired) electrons. The molecule has 158 valence electrons. The number of rotatable bonds is 6. The Morgan fingerprint density at radius 3 is 2.33 bits per heavy atom. The van der Waals surface area contributed by atoms with Crippen molar-refractivity contribution in [2.45, 2.75) is 45.7 Å². The maximum atomic E-state index is 12.8. The van der Waals surface area contributed by atoms with Gasteiger partial charge >= 0.3 is 6.18 Å². The Labute approximate surface area is 177 Å². The van der Waals surface area contributed by atoms with Crippen LogP contribution in [0.2, 0.25) is 0 Å². The van der Waals surface area contributed by atoms with Crippen molar-refractivity contribution in [1.29, 1.82) is 0 Å². The summed E-state index contributed by atoms with van der Waals surface area (Å²) in [6, 6.07) is 10.0. The molecule has 1 N–H and O–H groups in total. The van der Waals surface area contributed by atoms with Crippen molar-refractivity contribution >= 4 is 17.1 Å². The molecular formula is C23H22F3NO2S. The third-order valence-electron chi connectivity index (χ3n) is 4.75. The van der Waals surface area contributed by atoms with Crippen LogP contribution in [0.1, 0.15) is 47.0 Å². The molecule has 0 atom stereocenters. The second-order valence-corrected chi connectivity index (χ2v) is 8.65. The molecule has 0 fully saturated rings. The summed E-state index contributed by atoms with van der Waals surface area (Å²) in [6.45, 7) is 5.73. The lowest BCUT2D eigenvalue weighted by molar-refractivity contribution is -0.137. The number of phenols is 1. The first-order chi connectivity index (χ1) is 14.0. The van der Waals surface area contributed by atoms with Gasteiger partial charge in [-0.2, -0.15) is 13.2 Å². The Kier molecular flexibility index (Phi) is 6.31. The highest BCUT2D eigenvalue weighted by molar-refractivity contribution is 7.15. The summed E-state index contributed by atoms with van der Waals surface area (Å²) < 4.78 is 38.4. The molecule has 7 heteroatoms. The van der Waals surface area contributed by atoms with Gasteiger partial charge in [-0.25, -0.2) is 4.98 Å². The molecule has 0 aliphatic rings. The number of carbonyl (C=O) groups excluding carboxylic acids is 1. The van der Waals surface area contributed by atoms with Crippen LogP contribution in [0.5, 0.6) is 5.75 Å². The first-order valence-corrected chi connectivity index (χ1v) is 10.3. The SMILES string of the molecule is Cc1cc(CC(=O)Cc2sc(-c3ccc(C(F)(F)F)cc3)nc2C(C)C)ccc1O. The van der Waals surface area contributed by atoms with Crippen molar-refractivity contribution in [1.82, 2.24) is 4.98 Å². The number of hydrogen-bond acceptors (Lipinski definition) is 4. The molecular weight excluding hydrogens is 411 g/mol. The highest BCUT2D eigenvalue weighted by Gasteiger charge is 2.30. The molecule has 0 amide bonds. The largest absolute Gasteiger partial charge is 0.508 e. The van der Waals surface area contributed by atoms with Crippen molar-refractivity contribution in [2.24, 2.45) is 0 Å². The van der Waals surface area contributed by atoms with Crippen LogP contribution in [0.3, 0.4) is 0 Å². The van der Waals surface area contributed by atoms with E-state index in [2.05, 4.69) is 4.98 Å². The first-order valence-electron chi connectivity index (χ1n) is 9.52. The zero-order valence-corrected chi connectivity index (χ0v) is 17.7. The van der Waals surface area contributed by atoms with Crippen LogP contribution in [0.15, 0.2) is 42.5 Å². The fraction of sp³-hybridized carbons (Fsp3) is 0.304. The Morgan fingerprint density at radius 2 is 1.77 bits per heavy atom. The van der Waals surface area contributed by atoms with Gasteiger partial charge in [-0.1, -0.05) is 38.1 Å². The summed E-state index contributed by atoms with van der Waals surface area (Å²) in [6.07, 6.45) is -3.92. The van der Waals surface area contributed by atoms with Gasteiger partial charge in [0, 0.05) is 23.3 Å². The number of phenolic OH excluding ortho intramolecular Hbond substituents is 1. The van der Waals surface area contributed by atoms with Crippen LogP contribution in [0, 0.1) is 6.92 Å². The van der Waals surface area contributed by atoms with Crippen LogP contribution >= 0.6 is 11.3 Å². The average Bonchev–Trinajstić information content (AvgIpc) is 3.08. The van der Waals surface area contributed by atoms with Gasteiger partial charge in [-0.05, 0) is 42.2 Å². The van der Waals surface area contributed by atoms with E-state index in [9.17, 15) is 23.1 Å². The van der Waals surface area contributed by atoms with E-state index in [1.165, 1.54) is 23.5 Å². The molecule has 0 aliphatic heterocycles. The predicted octanol–water partition coefficient (Wildman–Crippen LogP) is 6.32. The van der Waals surface area contributed by atoms with Crippen molar-refractivity contribution < 1.29 is 23.1 Å². The second-order valence-electron chi connectivity index (χ2n) is 7.57. The molecule has 1 aromatic heterocycles. The van der Waals surface area contributed by atoms with Crippen LogP contribution in [-0.4, -0.2) is 15.9 Å². The molecule has 1 heterocycles. The summed E-state index contributed by atoms with van der Waals surface area (Å²) in [5.74, 6) is 0.296. The van der Waals surface area contributed by atoms with E-state index in [4.69, 9.17) is 0 Å². The lowest BCUT2D eigenvalue weighted by Crippen LogP contribution is -2.07. The van der Waals surface area contributed by atoms with Crippen LogP contribution in [0.4, 0.5) is 13.2 Å². The van der Waals surface area contributed by atoms with Gasteiger partial charge in [0.25, 0.3) is 0 Å². The Bertz CT molecular complexity index is 1050. The van der Waals surface area contributed by atoms with E-state index in [0.717, 1.165) is 28.3 Å². The van der Waals surface area contributed by atoms with Crippen LogP contribution in [-0.2, 0) is 23.8 Å². The summed E-state index contributed by atoms with van der Waals surface area (Å²) in [4.78, 5) is 18.1. The molecule has 3 nitrogen and oxygen atoms in total. The van der Waals surface area contributed by atoms with Gasteiger partial charge in [0.15, 0.2) is 0 Å². The number of aromatic nitrogens is 1. The zero-order valence-electron chi connectivity index (χ0n) is 16.9. The number of aryl methyl sites for hydroxylation is 1. The Balaban J connectivity index is 1.82. The van der Waals surface area contributed by atoms with E-state index < -0.39 is 11.7 Å². The fourth-order valence-electron chi connectivity index (χ4n) is 3.16. The van der Waals surface area contributed by atoms with Gasteiger partial charge in [-0.3, -0.25) is 4.79 Å². The van der Waals surface area contributed by atoms with Crippen molar-refractivity contribution in [3.05, 3.63) is 69.7 Å². The average molecular weight is 433 g/mol. The standard InChI is InChI=1S/C23H22F3NO2S/c1-13(2)21-20(12-18(28)11-15-4-9-19(29)14(3)10-15)30-22(27-21)16-5-7-17(8-6-16)23(24,25)26/h4-10,13,29H,11-12H2,1-3H3. The van der Waals surface area contributed by atoms with E-state index in [1.54, 1.807) is 25.1 Å². The summed E-state index contributed by atoms with van der Waals surface area (Å²) in [5.41, 5.74) is 2.23. The lowest BCUT2D eigenvalue weighted by Gasteiger charge is -2.06. The van der Waals surface area contributed by atoms with Gasteiger partial charge in [0.2, 0.25) is 0 Å². The topological polar surface area (TPSA) is 50.2 Å². The third-order valence-corrected chi connectivity index (χ3v) is 5.87. The van der Waals surface area contributed by atoms with E-state index in [1.807, 2.05) is 13.8 Å². The van der Waals surface area contributed by atoms with Gasteiger partial charge in [0.05, 0.1) is 11.3 Å². The number of Topliss-reactive ketones (excluding diaryl/α,β-unsaturated/α-hetero) is 1. The zero-order chi connectivity index (χ0) is 22.1. The normalized spacial score (nSPS) is 11.8. The van der Waals surface area contributed by atoms with Crippen LogP contribution < -0.4 is 0 Å². The number of alkyl halides is 3. The van der Waals surface area contributed by atoms with Gasteiger partial charge < -0.3 is 5.11 Å². The number of benzene rings is 2. The van der Waals surface area contributed by atoms with E-state index in [0.29, 0.717) is 16.1 Å². The minimum atomic E-state index is -4.38. The third kappa shape index (κ3) is 5.08. The summed E-state index contributed by atoms with van der Waals surface area (Å²) in [7, 11) is 0. The van der Waals surface area contributed by atoms with Crippen molar-refractivity contribution in [3.63, 3.8) is 0 Å². The van der Waals surface area contributed by atoms with Crippen LogP contribution in [0.25, 0.3) is 10.6 Å². The molecule has 0 saturated carbocycles. The minimum absolute atomic E-state index is 0.0182. The highest BCUT2D eigenvalue weighted by atomic mass is 32.1. The minimum Gasteiger partial charge on any atom is -0.508 e. The summed E-state index contributed by atoms with van der Waals surface area (Å²) in [5, 5.41) is 10.2. The number of nitrogens with zero attached hydrogens (tertiary/aromatic N) is 1. The van der Waals surface area contributed by atoms with Crippen molar-refractivity contribution in [3.8, 4) is 16.3 Å². The number of carbonyl (C=O) groups is 1. The number of hydrogen-bond donors (Lipinski definition) is 1. The number of ketones is 1. The lowest BCUT2D eigenvalue weighted by atomic mass is 10.0. The van der Waals surface area contributed by atoms with E-state index >= 15 is 0 Å². The molecule has 0 aliphatic carbocycles. The summed E-state index contributed by atoms with van der Waals surface area (Å²) >= 11 is 1.35. The Hall–Kier alpha value is -2.67. The fourth-order valence-corrected chi connectivity index (χ4v) is 4.41. The molecule has 3 aromatic rings. The second kappa shape index (κ2) is 8.60. The predicted molar refractivity (Wildman–Crippen MR) is 112 cm³/mol. The Morgan fingerprint density at radius 1 is 1.10 bits per heavy atom. The number of aromatic hydroxyl groups is 1. The van der Waals surface area contributed by atoms with Gasteiger partial charge in [-0.15, -0.1) is 11.3 Å². The van der Waals surface area contributed by atoms with E-state index in [-0.39, 0.29) is 30.3 Å². The molecule has 3 rings (SSSR count). The smallest absolute Gasteiger partial charge is 0.416 e. The molecule has 0 saturated heterocycles. The maximum absolute atomic E-state index is 12.8. The molecule has 0 bridgehead atoms. The van der Waals surface area contributed by atoms with Crippen molar-refractivity contribution in [2.75, 3.05) is 0 Å². The monoisotopic (exact) mass is 433 g/mol. The molecule has 0 unspecified atom stereocenters. The first kappa shape index (κ1) is 22.0.